The zero-order valence-corrected chi connectivity index (χ0v) is 24.5. The lowest BCUT2D eigenvalue weighted by atomic mass is 9.90. The summed E-state index contributed by atoms with van der Waals surface area (Å²) < 4.78 is 25.5. The Labute approximate surface area is 237 Å². The van der Waals surface area contributed by atoms with Crippen LogP contribution in [-0.4, -0.2) is 51.2 Å². The predicted molar refractivity (Wildman–Crippen MR) is 155 cm³/mol. The molecule has 1 saturated carbocycles. The molecule has 1 amide bonds. The molecule has 1 atom stereocenters. The third-order valence-corrected chi connectivity index (χ3v) is 7.56. The Balaban J connectivity index is 1.99. The monoisotopic (exact) mass is 560 g/mol. The van der Waals surface area contributed by atoms with Gasteiger partial charge in [-0.05, 0) is 73.9 Å². The van der Waals surface area contributed by atoms with Gasteiger partial charge in [-0.2, -0.15) is 0 Å². The fourth-order valence-electron chi connectivity index (χ4n) is 5.44. The van der Waals surface area contributed by atoms with Crippen LogP contribution < -0.4 is 10.2 Å². The summed E-state index contributed by atoms with van der Waals surface area (Å²) in [5, 5.41) is 3.36. The van der Waals surface area contributed by atoms with E-state index in [1.54, 1.807) is 27.2 Å². The van der Waals surface area contributed by atoms with Gasteiger partial charge in [0, 0.05) is 44.2 Å². The van der Waals surface area contributed by atoms with Gasteiger partial charge in [0.1, 0.15) is 11.6 Å². The number of ketones is 1. The van der Waals surface area contributed by atoms with E-state index in [1.807, 2.05) is 18.2 Å². The van der Waals surface area contributed by atoms with E-state index < -0.39 is 5.82 Å². The Kier molecular flexibility index (Phi) is 11.8. The normalized spacial score (nSPS) is 18.2. The number of rotatable bonds is 13. The number of anilines is 2. The van der Waals surface area contributed by atoms with E-state index in [4.69, 9.17) is 21.1 Å². The lowest BCUT2D eigenvalue weighted by Gasteiger charge is -2.40. The summed E-state index contributed by atoms with van der Waals surface area (Å²) in [6.45, 7) is 7.15. The van der Waals surface area contributed by atoms with Crippen LogP contribution in [0.1, 0.15) is 69.9 Å². The number of hydrogen-bond acceptors (Lipinski definition) is 5. The quantitative estimate of drug-likeness (QED) is 0.292. The van der Waals surface area contributed by atoms with Crippen molar-refractivity contribution in [1.82, 2.24) is 0 Å². The van der Waals surface area contributed by atoms with E-state index in [0.29, 0.717) is 30.7 Å². The number of carbonyl (C=O) groups is 2. The van der Waals surface area contributed by atoms with Gasteiger partial charge >= 0.3 is 0 Å². The van der Waals surface area contributed by atoms with E-state index >= 15 is 0 Å². The van der Waals surface area contributed by atoms with Crippen molar-refractivity contribution in [1.29, 1.82) is 0 Å². The summed E-state index contributed by atoms with van der Waals surface area (Å²) in [6.07, 6.45) is 4.46. The minimum atomic E-state index is -0.510. The molecule has 0 spiro atoms. The average molecular weight is 561 g/mol. The smallest absolute Gasteiger partial charge is 0.228 e. The highest BCUT2D eigenvalue weighted by Gasteiger charge is 2.29. The maximum atomic E-state index is 14.5. The van der Waals surface area contributed by atoms with Crippen LogP contribution in [0.2, 0.25) is 5.02 Å². The highest BCUT2D eigenvalue weighted by atomic mass is 35.5. The predicted octanol–water partition coefficient (Wildman–Crippen LogP) is 6.79. The number of carbonyl (C=O) groups excluding carboxylic acids is 2. The van der Waals surface area contributed by atoms with Crippen molar-refractivity contribution in [3.05, 3.63) is 58.4 Å². The molecule has 8 heteroatoms. The third kappa shape index (κ3) is 9.02. The maximum absolute atomic E-state index is 14.5. The molecule has 1 fully saturated rings. The molecule has 6 nitrogen and oxygen atoms in total. The van der Waals surface area contributed by atoms with Crippen molar-refractivity contribution in [3.63, 3.8) is 0 Å². The summed E-state index contributed by atoms with van der Waals surface area (Å²) in [5.74, 6) is -0.500. The molecule has 0 bridgehead atoms. The molecule has 1 aliphatic rings. The molecule has 3 rings (SSSR count). The fourth-order valence-corrected chi connectivity index (χ4v) is 5.60. The van der Waals surface area contributed by atoms with Crippen LogP contribution >= 0.6 is 11.6 Å². The number of benzene rings is 2. The summed E-state index contributed by atoms with van der Waals surface area (Å²) in [7, 11) is 3.38. The van der Waals surface area contributed by atoms with Crippen LogP contribution in [0.25, 0.3) is 0 Å². The van der Waals surface area contributed by atoms with Gasteiger partial charge < -0.3 is 24.5 Å². The molecule has 0 aromatic heterocycles. The fraction of sp³-hybridized carbons (Fsp3) is 0.548. The van der Waals surface area contributed by atoms with Gasteiger partial charge in [-0.3, -0.25) is 4.79 Å². The van der Waals surface area contributed by atoms with Crippen molar-refractivity contribution in [2.24, 2.45) is 5.92 Å². The molecule has 1 unspecified atom stereocenters. The topological polar surface area (TPSA) is 67.9 Å². The number of ether oxygens (including phenoxy) is 2. The molecule has 1 N–H and O–H groups in total. The highest BCUT2D eigenvalue weighted by molar-refractivity contribution is 6.30. The van der Waals surface area contributed by atoms with Gasteiger partial charge in [0.15, 0.2) is 0 Å². The zero-order chi connectivity index (χ0) is 28.5. The first-order valence-corrected chi connectivity index (χ1v) is 14.1. The first-order valence-electron chi connectivity index (χ1n) is 13.8. The minimum Gasteiger partial charge on any atom is -0.384 e. The molecule has 0 saturated heterocycles. The first-order chi connectivity index (χ1) is 18.6. The van der Waals surface area contributed by atoms with E-state index in [2.05, 4.69) is 24.1 Å². The third-order valence-electron chi connectivity index (χ3n) is 7.32. The van der Waals surface area contributed by atoms with Gasteiger partial charge in [-0.1, -0.05) is 37.6 Å². The zero-order valence-electron chi connectivity index (χ0n) is 23.8. The van der Waals surface area contributed by atoms with Crippen LogP contribution in [0, 0.1) is 11.7 Å². The number of amides is 1. The van der Waals surface area contributed by atoms with Crippen molar-refractivity contribution < 1.29 is 23.5 Å². The summed E-state index contributed by atoms with van der Waals surface area (Å²) in [6, 6.07) is 10.7. The van der Waals surface area contributed by atoms with Crippen molar-refractivity contribution in [3.8, 4) is 0 Å². The highest BCUT2D eigenvalue weighted by Crippen LogP contribution is 2.36. The second-order valence-electron chi connectivity index (χ2n) is 11.0. The Hall–Kier alpha value is -2.48. The van der Waals surface area contributed by atoms with Crippen LogP contribution in [0.3, 0.4) is 0 Å². The Morgan fingerprint density at radius 1 is 1.10 bits per heavy atom. The van der Waals surface area contributed by atoms with Gasteiger partial charge in [-0.15, -0.1) is 0 Å². The number of methoxy groups -OCH3 is 2. The average Bonchev–Trinajstić information content (AvgIpc) is 2.88. The second-order valence-corrected chi connectivity index (χ2v) is 11.4. The molecular formula is C31H42ClFN2O4. The van der Waals surface area contributed by atoms with E-state index in [9.17, 15) is 14.0 Å². The lowest BCUT2D eigenvalue weighted by Crippen LogP contribution is -2.42. The molecular weight excluding hydrogens is 519 g/mol. The van der Waals surface area contributed by atoms with Crippen LogP contribution in [0.15, 0.2) is 36.4 Å². The second kappa shape index (κ2) is 14.8. The molecule has 0 aliphatic heterocycles. The van der Waals surface area contributed by atoms with Gasteiger partial charge in [0.2, 0.25) is 5.91 Å². The molecule has 1 aliphatic carbocycles. The number of Topliss-reactive ketones (excluding diaryl/α,β-unsaturated/α-hetero) is 1. The summed E-state index contributed by atoms with van der Waals surface area (Å²) in [5.41, 5.74) is 2.78. The molecule has 0 radical (unpaired) electrons. The Bertz CT molecular complexity index is 1120. The number of hydrogen-bond donors (Lipinski definition) is 1. The van der Waals surface area contributed by atoms with Crippen molar-refractivity contribution in [2.45, 2.75) is 77.4 Å². The minimum absolute atomic E-state index is 0.0706. The largest absolute Gasteiger partial charge is 0.384 e. The molecule has 39 heavy (non-hydrogen) atoms. The molecule has 2 aromatic rings. The molecule has 0 heterocycles. The molecule has 214 valence electrons. The number of halogens is 2. The SMILES string of the molecule is COCC(CC(C)=O)c1ccc(N(CC(C)C)C2CCC(OC)CC2)c(NC(=O)Cc2ccc(Cl)cc2F)c1. The van der Waals surface area contributed by atoms with Crippen LogP contribution in [0.4, 0.5) is 15.8 Å². The Morgan fingerprint density at radius 2 is 1.82 bits per heavy atom. The number of nitrogens with zero attached hydrogens (tertiary/aromatic N) is 1. The lowest BCUT2D eigenvalue weighted by molar-refractivity contribution is -0.118. The van der Waals surface area contributed by atoms with Gasteiger partial charge in [0.25, 0.3) is 0 Å². The van der Waals surface area contributed by atoms with Gasteiger partial charge in [-0.25, -0.2) is 4.39 Å². The molecule has 2 aromatic carbocycles. The number of nitrogens with one attached hydrogen (secondary N) is 1. The summed E-state index contributed by atoms with van der Waals surface area (Å²) in [4.78, 5) is 27.6. The van der Waals surface area contributed by atoms with Gasteiger partial charge in [0.05, 0.1) is 30.5 Å². The first kappa shape index (κ1) is 31.1. The van der Waals surface area contributed by atoms with Crippen molar-refractivity contribution >= 4 is 34.7 Å². The van der Waals surface area contributed by atoms with Crippen molar-refractivity contribution in [2.75, 3.05) is 37.6 Å². The standard InChI is InChI=1S/C31H42ClFN2O4/c1-20(2)18-35(26-9-11-27(39-5)12-10-26)30-13-7-22(24(19-38-4)14-21(3)36)15-29(30)34-31(37)16-23-6-8-25(32)17-28(23)33/h6-8,13,15,17,20,24,26-27H,9-12,14,16,18-19H2,1-5H3,(H,34,37). The van der Waals surface area contributed by atoms with E-state index in [0.717, 1.165) is 43.5 Å². The maximum Gasteiger partial charge on any atom is 0.228 e. The Morgan fingerprint density at radius 3 is 2.41 bits per heavy atom. The summed E-state index contributed by atoms with van der Waals surface area (Å²) >= 11 is 5.89. The van der Waals surface area contributed by atoms with Crippen LogP contribution in [-0.2, 0) is 25.5 Å². The van der Waals surface area contributed by atoms with E-state index in [1.165, 1.54) is 12.1 Å². The van der Waals surface area contributed by atoms with E-state index in [-0.39, 0.29) is 40.7 Å². The van der Waals surface area contributed by atoms with Crippen LogP contribution in [0.5, 0.6) is 0 Å².